The Morgan fingerprint density at radius 3 is 2.00 bits per heavy atom. The number of nitrogens with two attached hydrogens (primary N) is 1. The van der Waals surface area contributed by atoms with Crippen molar-refractivity contribution >= 4 is 22.8 Å². The molecule has 0 fully saturated rings. The predicted octanol–water partition coefficient (Wildman–Crippen LogP) is 2.62. The highest BCUT2D eigenvalue weighted by Gasteiger charge is 2.19. The quantitative estimate of drug-likeness (QED) is 0.400. The topological polar surface area (TPSA) is 129 Å². The van der Waals surface area contributed by atoms with E-state index in [-0.39, 0.29) is 28.2 Å². The largest absolute Gasteiger partial charge is 0.393 e. The lowest BCUT2D eigenvalue weighted by molar-refractivity contribution is -0.385. The maximum Gasteiger partial charge on any atom is 0.292 e. The summed E-state index contributed by atoms with van der Waals surface area (Å²) in [5.41, 5.74) is 5.39. The monoisotopic (exact) mass is 301 g/mol. The number of hydrogen-bond acceptors (Lipinski definition) is 6. The fourth-order valence-electron chi connectivity index (χ4n) is 1.96. The summed E-state index contributed by atoms with van der Waals surface area (Å²) in [6.45, 7) is 1.56. The van der Waals surface area contributed by atoms with Gasteiger partial charge in [-0.1, -0.05) is 12.1 Å². The third kappa shape index (κ3) is 2.75. The molecular formula is C14H11N3O5. The van der Waals surface area contributed by atoms with E-state index in [2.05, 4.69) is 0 Å². The van der Waals surface area contributed by atoms with Gasteiger partial charge < -0.3 is 5.73 Å². The van der Waals surface area contributed by atoms with E-state index in [4.69, 9.17) is 5.73 Å². The number of anilines is 1. The number of nitro groups is 2. The van der Waals surface area contributed by atoms with Gasteiger partial charge in [-0.05, 0) is 19.1 Å². The lowest BCUT2D eigenvalue weighted by atomic mass is 10.0. The molecule has 0 aliphatic rings. The van der Waals surface area contributed by atoms with Crippen molar-refractivity contribution in [2.45, 2.75) is 6.92 Å². The molecule has 0 unspecified atom stereocenters. The smallest absolute Gasteiger partial charge is 0.292 e. The van der Waals surface area contributed by atoms with E-state index >= 15 is 0 Å². The van der Waals surface area contributed by atoms with Gasteiger partial charge in [-0.2, -0.15) is 0 Å². The number of benzene rings is 2. The summed E-state index contributed by atoms with van der Waals surface area (Å²) in [6.07, 6.45) is 0. The Bertz CT molecular complexity index is 736. The van der Waals surface area contributed by atoms with Crippen LogP contribution in [-0.2, 0) is 0 Å². The lowest BCUT2D eigenvalue weighted by Gasteiger charge is -2.04. The van der Waals surface area contributed by atoms with Crippen LogP contribution in [0.4, 0.5) is 17.1 Å². The zero-order valence-electron chi connectivity index (χ0n) is 11.5. The highest BCUT2D eigenvalue weighted by atomic mass is 16.6. The number of carbonyl (C=O) groups is 1. The fraction of sp³-hybridized carbons (Fsp3) is 0.0714. The number of hydrogen-bond donors (Lipinski definition) is 1. The van der Waals surface area contributed by atoms with Crippen LogP contribution in [0.1, 0.15) is 21.5 Å². The zero-order valence-corrected chi connectivity index (χ0v) is 11.5. The van der Waals surface area contributed by atoms with Gasteiger partial charge in [0.1, 0.15) is 5.69 Å². The number of nitro benzene ring substituents is 2. The number of carbonyl (C=O) groups excluding carboxylic acids is 1. The summed E-state index contributed by atoms with van der Waals surface area (Å²) >= 11 is 0. The van der Waals surface area contributed by atoms with Crippen LogP contribution in [0.15, 0.2) is 36.4 Å². The summed E-state index contributed by atoms with van der Waals surface area (Å²) in [5.74, 6) is -0.550. The summed E-state index contributed by atoms with van der Waals surface area (Å²) in [7, 11) is 0. The molecule has 0 bridgehead atoms. The van der Waals surface area contributed by atoms with Gasteiger partial charge in [-0.3, -0.25) is 25.0 Å². The Morgan fingerprint density at radius 2 is 1.45 bits per heavy atom. The average Bonchev–Trinajstić information content (AvgIpc) is 2.47. The molecule has 0 spiro atoms. The number of aryl methyl sites for hydroxylation is 1. The van der Waals surface area contributed by atoms with E-state index in [0.717, 1.165) is 12.1 Å². The SMILES string of the molecule is Cc1ccc(C(=O)c2ccc(N)c([N+](=O)[O-])c2)cc1[N+](=O)[O-]. The molecule has 0 aliphatic heterocycles. The van der Waals surface area contributed by atoms with Crippen molar-refractivity contribution in [3.8, 4) is 0 Å². The van der Waals surface area contributed by atoms with E-state index < -0.39 is 15.6 Å². The van der Waals surface area contributed by atoms with Crippen LogP contribution in [0.25, 0.3) is 0 Å². The Labute approximate surface area is 124 Å². The second-order valence-electron chi connectivity index (χ2n) is 4.62. The number of nitrogen functional groups attached to an aromatic ring is 1. The van der Waals surface area contributed by atoms with Crippen molar-refractivity contribution in [1.29, 1.82) is 0 Å². The van der Waals surface area contributed by atoms with Gasteiger partial charge in [0.2, 0.25) is 0 Å². The Kier molecular flexibility index (Phi) is 3.85. The molecule has 0 aromatic heterocycles. The van der Waals surface area contributed by atoms with Crippen molar-refractivity contribution in [1.82, 2.24) is 0 Å². The van der Waals surface area contributed by atoms with Crippen LogP contribution in [0.5, 0.6) is 0 Å². The first-order valence-electron chi connectivity index (χ1n) is 6.15. The van der Waals surface area contributed by atoms with E-state index in [9.17, 15) is 25.0 Å². The molecule has 2 N–H and O–H groups in total. The molecule has 2 aromatic rings. The number of nitrogens with zero attached hydrogens (tertiary/aromatic N) is 2. The van der Waals surface area contributed by atoms with Crippen molar-refractivity contribution in [3.63, 3.8) is 0 Å². The van der Waals surface area contributed by atoms with E-state index in [0.29, 0.717) is 5.56 Å². The van der Waals surface area contributed by atoms with Crippen LogP contribution in [0.2, 0.25) is 0 Å². The minimum absolute atomic E-state index is 0.0408. The first kappa shape index (κ1) is 15.1. The molecule has 8 nitrogen and oxygen atoms in total. The van der Waals surface area contributed by atoms with Crippen LogP contribution in [0, 0.1) is 27.2 Å². The van der Waals surface area contributed by atoms with Crippen molar-refractivity contribution < 1.29 is 14.6 Å². The molecule has 2 rings (SSSR count). The van der Waals surface area contributed by atoms with E-state index in [1.807, 2.05) is 0 Å². The average molecular weight is 301 g/mol. The molecule has 0 amide bonds. The summed E-state index contributed by atoms with van der Waals surface area (Å²) in [4.78, 5) is 32.8. The van der Waals surface area contributed by atoms with Crippen molar-refractivity contribution in [3.05, 3.63) is 73.3 Å². The molecule has 0 atom stereocenters. The highest BCUT2D eigenvalue weighted by Crippen LogP contribution is 2.25. The maximum atomic E-state index is 12.3. The predicted molar refractivity (Wildman–Crippen MR) is 78.8 cm³/mol. The lowest BCUT2D eigenvalue weighted by Crippen LogP contribution is -2.05. The van der Waals surface area contributed by atoms with Gasteiger partial charge in [0.15, 0.2) is 5.78 Å². The minimum Gasteiger partial charge on any atom is -0.393 e. The zero-order chi connectivity index (χ0) is 16.4. The van der Waals surface area contributed by atoms with Gasteiger partial charge >= 0.3 is 0 Å². The molecule has 0 saturated carbocycles. The Balaban J connectivity index is 2.49. The highest BCUT2D eigenvalue weighted by molar-refractivity contribution is 6.10. The van der Waals surface area contributed by atoms with Crippen LogP contribution < -0.4 is 5.73 Å². The number of rotatable bonds is 4. The fourth-order valence-corrected chi connectivity index (χ4v) is 1.96. The Hall–Kier alpha value is -3.29. The number of ketones is 1. The van der Waals surface area contributed by atoms with Crippen LogP contribution in [0.3, 0.4) is 0 Å². The molecule has 22 heavy (non-hydrogen) atoms. The van der Waals surface area contributed by atoms with Crippen LogP contribution in [-0.4, -0.2) is 15.6 Å². The van der Waals surface area contributed by atoms with Gasteiger partial charge in [-0.25, -0.2) is 0 Å². The van der Waals surface area contributed by atoms with Gasteiger partial charge in [0.25, 0.3) is 11.4 Å². The summed E-state index contributed by atoms with van der Waals surface area (Å²) < 4.78 is 0. The molecular weight excluding hydrogens is 290 g/mol. The van der Waals surface area contributed by atoms with E-state index in [1.165, 1.54) is 24.3 Å². The Morgan fingerprint density at radius 1 is 0.955 bits per heavy atom. The second kappa shape index (κ2) is 5.60. The van der Waals surface area contributed by atoms with Gasteiger partial charge in [0.05, 0.1) is 9.85 Å². The van der Waals surface area contributed by atoms with E-state index in [1.54, 1.807) is 6.92 Å². The molecule has 0 radical (unpaired) electrons. The maximum absolute atomic E-state index is 12.3. The molecule has 8 heteroatoms. The third-order valence-electron chi connectivity index (χ3n) is 3.16. The molecule has 0 aliphatic carbocycles. The third-order valence-corrected chi connectivity index (χ3v) is 3.16. The van der Waals surface area contributed by atoms with Gasteiger partial charge in [0, 0.05) is 28.8 Å². The molecule has 0 saturated heterocycles. The first-order valence-corrected chi connectivity index (χ1v) is 6.15. The van der Waals surface area contributed by atoms with Crippen molar-refractivity contribution in [2.75, 3.05) is 5.73 Å². The molecule has 0 heterocycles. The summed E-state index contributed by atoms with van der Waals surface area (Å²) in [5, 5.41) is 21.8. The molecule has 2 aromatic carbocycles. The molecule has 112 valence electrons. The van der Waals surface area contributed by atoms with Gasteiger partial charge in [-0.15, -0.1) is 0 Å². The second-order valence-corrected chi connectivity index (χ2v) is 4.62. The van der Waals surface area contributed by atoms with Crippen molar-refractivity contribution in [2.24, 2.45) is 0 Å². The van der Waals surface area contributed by atoms with Crippen LogP contribution >= 0.6 is 0 Å². The normalized spacial score (nSPS) is 10.2. The standard InChI is InChI=1S/C14H11N3O5/c1-8-2-3-9(6-12(8)16(19)20)14(18)10-4-5-11(15)13(7-10)17(21)22/h2-7H,15H2,1H3. The summed E-state index contributed by atoms with van der Waals surface area (Å²) in [6, 6.07) is 7.71. The first-order chi connectivity index (χ1) is 10.3. The minimum atomic E-state index is -0.691.